The second-order valence-corrected chi connectivity index (χ2v) is 16.9. The molecule has 0 radical (unpaired) electrons. The Morgan fingerprint density at radius 1 is 0.918 bits per heavy atom. The Kier molecular flexibility index (Phi) is 10.1. The topological polar surface area (TPSA) is 185 Å². The monoisotopic (exact) mass is 840 g/mol. The molecule has 2 aromatic heterocycles. The minimum atomic E-state index is -4.69. The Hall–Kier alpha value is -6.33. The van der Waals surface area contributed by atoms with E-state index >= 15 is 0 Å². The van der Waals surface area contributed by atoms with Crippen LogP contribution in [0, 0.1) is 11.3 Å². The molecule has 1 atom stereocenters. The number of piperidine rings is 2. The van der Waals surface area contributed by atoms with Crippen LogP contribution in [0.1, 0.15) is 107 Å². The van der Waals surface area contributed by atoms with E-state index < -0.39 is 47.4 Å². The van der Waals surface area contributed by atoms with E-state index in [-0.39, 0.29) is 64.7 Å². The summed E-state index contributed by atoms with van der Waals surface area (Å²) in [4.78, 5) is 83.4. The highest BCUT2D eigenvalue weighted by Crippen LogP contribution is 2.55. The summed E-state index contributed by atoms with van der Waals surface area (Å²) in [6, 6.07) is 10.7. The number of fused-ring (bicyclic) bond motifs is 2. The van der Waals surface area contributed by atoms with Crippen molar-refractivity contribution in [3.63, 3.8) is 0 Å². The van der Waals surface area contributed by atoms with Gasteiger partial charge in [0, 0.05) is 54.8 Å². The van der Waals surface area contributed by atoms with Crippen LogP contribution in [0.15, 0.2) is 54.7 Å². The van der Waals surface area contributed by atoms with Gasteiger partial charge in [0.25, 0.3) is 17.7 Å². The maximum Gasteiger partial charge on any atom is 0.433 e. The van der Waals surface area contributed by atoms with Crippen LogP contribution in [-0.2, 0) is 20.6 Å². The van der Waals surface area contributed by atoms with E-state index in [2.05, 4.69) is 20.9 Å². The van der Waals surface area contributed by atoms with Crippen molar-refractivity contribution in [1.82, 2.24) is 29.9 Å². The van der Waals surface area contributed by atoms with Crippen LogP contribution in [-0.4, -0.2) is 92.3 Å². The summed E-state index contributed by atoms with van der Waals surface area (Å²) in [5, 5.41) is 13.8. The summed E-state index contributed by atoms with van der Waals surface area (Å²) in [6.07, 6.45) is 4.01. The molecule has 1 spiro atoms. The largest absolute Gasteiger partial charge is 0.494 e. The van der Waals surface area contributed by atoms with Crippen molar-refractivity contribution in [2.75, 3.05) is 30.8 Å². The van der Waals surface area contributed by atoms with Gasteiger partial charge in [-0.2, -0.15) is 18.3 Å². The van der Waals surface area contributed by atoms with Crippen LogP contribution in [0.25, 0.3) is 10.9 Å². The Balaban J connectivity index is 0.752. The van der Waals surface area contributed by atoms with Gasteiger partial charge in [-0.15, -0.1) is 0 Å². The average molecular weight is 841 g/mol. The maximum atomic E-state index is 13.7. The molecule has 5 heterocycles. The number of alkyl halides is 3. The van der Waals surface area contributed by atoms with E-state index in [0.717, 1.165) is 73.8 Å². The number of pyridine rings is 1. The van der Waals surface area contributed by atoms with Gasteiger partial charge >= 0.3 is 6.18 Å². The zero-order chi connectivity index (χ0) is 42.8. The van der Waals surface area contributed by atoms with Gasteiger partial charge in [-0.3, -0.25) is 43.7 Å². The fourth-order valence-corrected chi connectivity index (χ4v) is 9.71. The number of carbonyl (C=O) groups is 6. The number of imide groups is 2. The SMILES string of the molecule is COc1cc2nn(C3CC4(CCN(C(=O)C5CCC(Nc6ccc7c(c6)C(=O)N(C6CCC(=O)NC6=O)C7=O)CC5)CC4)C3)cc2cc1NC(=O)c1cccc(C(F)(F)F)n1. The standard InChI is InChI=1S/C43H43F3N8O7/c1-61-34-19-31-24(17-32(34)49-37(56)30-3-2-4-35(48-30)43(44,45)46)22-53(51-31)27-20-42(21-27)13-15-52(16-14-42)39(58)23-5-7-25(8-6-23)47-26-9-10-28-29(18-26)41(60)54(40(28)59)33-11-12-36(55)50-38(33)57/h2-4,9-10,17-19,22-23,25,27,33,47H,5-8,11-16,20-21H2,1H3,(H,49,56)(H,50,55,57). The first kappa shape index (κ1) is 40.1. The van der Waals surface area contributed by atoms with Gasteiger partial charge in [-0.1, -0.05) is 6.07 Å². The Bertz CT molecular complexity index is 2480. The lowest BCUT2D eigenvalue weighted by atomic mass is 9.60. The van der Waals surface area contributed by atoms with Gasteiger partial charge in [0.15, 0.2) is 0 Å². The highest BCUT2D eigenvalue weighted by atomic mass is 19.4. The van der Waals surface area contributed by atoms with Crippen LogP contribution in [0.2, 0.25) is 0 Å². The summed E-state index contributed by atoms with van der Waals surface area (Å²) < 4.78 is 46.9. The summed E-state index contributed by atoms with van der Waals surface area (Å²) in [6.45, 7) is 1.40. The van der Waals surface area contributed by atoms with Gasteiger partial charge in [-0.25, -0.2) is 4.98 Å². The van der Waals surface area contributed by atoms with Crippen LogP contribution in [0.4, 0.5) is 24.5 Å². The predicted octanol–water partition coefficient (Wildman–Crippen LogP) is 5.73. The molecular weight excluding hydrogens is 798 g/mol. The first-order chi connectivity index (χ1) is 29.2. The van der Waals surface area contributed by atoms with Crippen molar-refractivity contribution in [3.05, 3.63) is 77.2 Å². The normalized spacial score (nSPS) is 22.9. The first-order valence-corrected chi connectivity index (χ1v) is 20.5. The van der Waals surface area contributed by atoms with Crippen LogP contribution < -0.4 is 20.7 Å². The summed E-state index contributed by atoms with van der Waals surface area (Å²) >= 11 is 0. The van der Waals surface area contributed by atoms with Crippen molar-refractivity contribution in [3.8, 4) is 5.75 Å². The number of hydrogen-bond acceptors (Lipinski definition) is 10. The number of hydrogen-bond donors (Lipinski definition) is 3. The van der Waals surface area contributed by atoms with E-state index in [9.17, 15) is 41.9 Å². The molecule has 3 aliphatic heterocycles. The number of aromatic nitrogens is 3. The number of halogens is 3. The summed E-state index contributed by atoms with van der Waals surface area (Å²) in [5.74, 6) is -2.54. The molecule has 2 aromatic carbocycles. The molecule has 4 aromatic rings. The van der Waals surface area contributed by atoms with Gasteiger partial charge in [0.2, 0.25) is 17.7 Å². The minimum absolute atomic E-state index is 0.0548. The number of nitrogens with zero attached hydrogens (tertiary/aromatic N) is 5. The fraction of sp³-hybridized carbons (Fsp3) is 0.442. The molecule has 5 aliphatic rings. The van der Waals surface area contributed by atoms with Crippen molar-refractivity contribution in [2.24, 2.45) is 11.3 Å². The number of benzene rings is 2. The lowest BCUT2D eigenvalue weighted by Crippen LogP contribution is -2.54. The van der Waals surface area contributed by atoms with Gasteiger partial charge in [0.05, 0.1) is 35.5 Å². The second kappa shape index (κ2) is 15.3. The number of likely N-dealkylation sites (tertiary alicyclic amines) is 1. The summed E-state index contributed by atoms with van der Waals surface area (Å²) in [5.41, 5.74) is 0.649. The zero-order valence-corrected chi connectivity index (χ0v) is 33.2. The van der Waals surface area contributed by atoms with Gasteiger partial charge in [0.1, 0.15) is 23.2 Å². The van der Waals surface area contributed by atoms with Crippen molar-refractivity contribution in [2.45, 2.75) is 88.5 Å². The molecule has 1 unspecified atom stereocenters. The van der Waals surface area contributed by atoms with Crippen molar-refractivity contribution >= 4 is 57.7 Å². The van der Waals surface area contributed by atoms with Crippen LogP contribution in [0.5, 0.6) is 5.75 Å². The number of methoxy groups -OCH3 is 1. The molecule has 9 rings (SSSR count). The van der Waals surface area contributed by atoms with E-state index in [0.29, 0.717) is 30.0 Å². The maximum absolute atomic E-state index is 13.7. The fourth-order valence-electron chi connectivity index (χ4n) is 9.71. The Morgan fingerprint density at radius 3 is 2.36 bits per heavy atom. The predicted molar refractivity (Wildman–Crippen MR) is 212 cm³/mol. The van der Waals surface area contributed by atoms with Crippen molar-refractivity contribution < 1.29 is 46.7 Å². The Morgan fingerprint density at radius 2 is 1.66 bits per heavy atom. The zero-order valence-electron chi connectivity index (χ0n) is 33.2. The first-order valence-electron chi connectivity index (χ1n) is 20.5. The molecular formula is C43H43F3N8O7. The molecule has 2 saturated carbocycles. The van der Waals surface area contributed by atoms with E-state index in [1.165, 1.54) is 13.2 Å². The molecule has 318 valence electrons. The lowest BCUT2D eigenvalue weighted by Gasteiger charge is -2.52. The smallest absolute Gasteiger partial charge is 0.433 e. The van der Waals surface area contributed by atoms with Crippen molar-refractivity contribution in [1.29, 1.82) is 0 Å². The third-order valence-corrected chi connectivity index (χ3v) is 13.1. The number of rotatable bonds is 8. The average Bonchev–Trinajstić information content (AvgIpc) is 3.75. The highest BCUT2D eigenvalue weighted by Gasteiger charge is 2.48. The third-order valence-electron chi connectivity index (χ3n) is 13.1. The Labute approximate surface area is 347 Å². The number of amides is 6. The number of anilines is 2. The molecule has 3 N–H and O–H groups in total. The second-order valence-electron chi connectivity index (χ2n) is 16.9. The molecule has 2 aliphatic carbocycles. The molecule has 2 saturated heterocycles. The van der Waals surface area contributed by atoms with E-state index in [4.69, 9.17) is 9.84 Å². The lowest BCUT2D eigenvalue weighted by molar-refractivity contribution is -0.141. The third kappa shape index (κ3) is 7.56. The number of ether oxygens (including phenoxy) is 1. The van der Waals surface area contributed by atoms with Gasteiger partial charge < -0.3 is 20.3 Å². The van der Waals surface area contributed by atoms with E-state index in [1.54, 1.807) is 30.3 Å². The number of nitrogens with one attached hydrogen (secondary N) is 3. The molecule has 6 amide bonds. The van der Waals surface area contributed by atoms with Gasteiger partial charge in [-0.05, 0) is 99.6 Å². The molecule has 0 bridgehead atoms. The summed E-state index contributed by atoms with van der Waals surface area (Å²) in [7, 11) is 1.43. The van der Waals surface area contributed by atoms with Crippen LogP contribution >= 0.6 is 0 Å². The quantitative estimate of drug-likeness (QED) is 0.185. The molecule has 15 nitrogen and oxygen atoms in total. The minimum Gasteiger partial charge on any atom is -0.494 e. The van der Waals surface area contributed by atoms with Crippen LogP contribution in [0.3, 0.4) is 0 Å². The molecule has 61 heavy (non-hydrogen) atoms. The molecule has 4 fully saturated rings. The highest BCUT2D eigenvalue weighted by molar-refractivity contribution is 6.23. The number of carbonyl (C=O) groups excluding carboxylic acids is 6. The van der Waals surface area contributed by atoms with E-state index in [1.807, 2.05) is 15.8 Å². The molecule has 18 heteroatoms.